The first kappa shape index (κ1) is 6.59. The molecule has 1 aliphatic rings. The van der Waals surface area contributed by atoms with Crippen molar-refractivity contribution in [2.75, 3.05) is 17.3 Å². The van der Waals surface area contributed by atoms with E-state index in [2.05, 4.69) is 25.6 Å². The Bertz CT molecular complexity index is 425. The van der Waals surface area contributed by atoms with Crippen LogP contribution in [0.3, 0.4) is 0 Å². The standard InChI is InChI=1S/C8H7N5/c1-5-7(2-9-3-10-5)13-8-6(1)11-4-12-8/h1-3,11H,4H2,(H,12,13). The predicted octanol–water partition coefficient (Wildman–Crippen LogP) is 0.820. The highest BCUT2D eigenvalue weighted by atomic mass is 15.2. The van der Waals surface area contributed by atoms with E-state index in [0.717, 1.165) is 29.2 Å². The van der Waals surface area contributed by atoms with Crippen LogP contribution in [0.4, 0.5) is 11.5 Å². The summed E-state index contributed by atoms with van der Waals surface area (Å²) in [6.45, 7) is 0.728. The van der Waals surface area contributed by atoms with E-state index < -0.39 is 0 Å². The zero-order valence-electron chi connectivity index (χ0n) is 6.78. The Kier molecular flexibility index (Phi) is 1.16. The van der Waals surface area contributed by atoms with Crippen molar-refractivity contribution in [3.63, 3.8) is 0 Å². The molecule has 2 aromatic heterocycles. The molecule has 5 heteroatoms. The van der Waals surface area contributed by atoms with Crippen LogP contribution in [0.25, 0.3) is 11.0 Å². The lowest BCUT2D eigenvalue weighted by Crippen LogP contribution is -1.99. The Labute approximate surface area is 74.2 Å². The van der Waals surface area contributed by atoms with E-state index in [1.807, 2.05) is 6.07 Å². The Hall–Kier alpha value is -1.91. The van der Waals surface area contributed by atoms with Gasteiger partial charge in [-0.05, 0) is 6.07 Å². The second-order valence-corrected chi connectivity index (χ2v) is 2.84. The van der Waals surface area contributed by atoms with Gasteiger partial charge in [0.25, 0.3) is 0 Å². The Morgan fingerprint density at radius 3 is 3.23 bits per heavy atom. The lowest BCUT2D eigenvalue weighted by Gasteiger charge is -1.99. The fraction of sp³-hybridized carbons (Fsp3) is 0.125. The number of fused-ring (bicyclic) bond motifs is 2. The van der Waals surface area contributed by atoms with Gasteiger partial charge in [-0.3, -0.25) is 0 Å². The molecule has 0 aliphatic carbocycles. The van der Waals surface area contributed by atoms with Gasteiger partial charge < -0.3 is 10.6 Å². The first-order valence-electron chi connectivity index (χ1n) is 4.02. The summed E-state index contributed by atoms with van der Waals surface area (Å²) in [5.74, 6) is 0.877. The Morgan fingerprint density at radius 2 is 2.23 bits per heavy atom. The summed E-state index contributed by atoms with van der Waals surface area (Å²) in [5, 5.41) is 6.27. The summed E-state index contributed by atoms with van der Waals surface area (Å²) in [6, 6.07) is 1.97. The molecule has 2 aromatic rings. The van der Waals surface area contributed by atoms with Gasteiger partial charge >= 0.3 is 0 Å². The van der Waals surface area contributed by atoms with Crippen LogP contribution in [-0.4, -0.2) is 21.6 Å². The molecule has 0 radical (unpaired) electrons. The third-order valence-corrected chi connectivity index (χ3v) is 2.03. The number of hydrogen-bond acceptors (Lipinski definition) is 5. The lowest BCUT2D eigenvalue weighted by atomic mass is 10.3. The molecular weight excluding hydrogens is 166 g/mol. The van der Waals surface area contributed by atoms with Crippen LogP contribution in [0.15, 0.2) is 18.6 Å². The number of aromatic nitrogens is 3. The number of nitrogens with zero attached hydrogens (tertiary/aromatic N) is 3. The van der Waals surface area contributed by atoms with E-state index in [-0.39, 0.29) is 0 Å². The maximum absolute atomic E-state index is 4.36. The van der Waals surface area contributed by atoms with Crippen molar-refractivity contribution in [2.24, 2.45) is 0 Å². The van der Waals surface area contributed by atoms with Gasteiger partial charge in [-0.15, -0.1) is 0 Å². The average Bonchev–Trinajstić information content (AvgIpc) is 2.61. The molecule has 2 N–H and O–H groups in total. The van der Waals surface area contributed by atoms with Crippen LogP contribution in [0.5, 0.6) is 0 Å². The molecular formula is C8H7N5. The topological polar surface area (TPSA) is 62.7 Å². The summed E-state index contributed by atoms with van der Waals surface area (Å²) in [5.41, 5.74) is 2.69. The molecule has 0 unspecified atom stereocenters. The van der Waals surface area contributed by atoms with Gasteiger partial charge in [-0.1, -0.05) is 0 Å². The number of anilines is 2. The van der Waals surface area contributed by atoms with E-state index in [1.54, 1.807) is 6.20 Å². The molecule has 0 atom stereocenters. The van der Waals surface area contributed by atoms with E-state index in [4.69, 9.17) is 0 Å². The molecule has 0 saturated heterocycles. The lowest BCUT2D eigenvalue weighted by molar-refractivity contribution is 1.20. The van der Waals surface area contributed by atoms with Crippen LogP contribution < -0.4 is 10.6 Å². The molecule has 13 heavy (non-hydrogen) atoms. The summed E-state index contributed by atoms with van der Waals surface area (Å²) >= 11 is 0. The normalized spacial score (nSPS) is 13.5. The molecule has 3 rings (SSSR count). The zero-order chi connectivity index (χ0) is 8.67. The average molecular weight is 173 g/mol. The van der Waals surface area contributed by atoms with Crippen LogP contribution in [0, 0.1) is 0 Å². The van der Waals surface area contributed by atoms with E-state index in [1.165, 1.54) is 6.33 Å². The quantitative estimate of drug-likeness (QED) is 0.617. The van der Waals surface area contributed by atoms with Gasteiger partial charge in [-0.2, -0.15) is 0 Å². The number of rotatable bonds is 0. The van der Waals surface area contributed by atoms with Crippen LogP contribution in [0.1, 0.15) is 0 Å². The van der Waals surface area contributed by atoms with Gasteiger partial charge in [0.1, 0.15) is 11.8 Å². The highest BCUT2D eigenvalue weighted by Gasteiger charge is 2.11. The van der Waals surface area contributed by atoms with Crippen molar-refractivity contribution >= 4 is 22.5 Å². The third-order valence-electron chi connectivity index (χ3n) is 2.03. The van der Waals surface area contributed by atoms with E-state index in [9.17, 15) is 0 Å². The third kappa shape index (κ3) is 0.900. The minimum absolute atomic E-state index is 0.728. The van der Waals surface area contributed by atoms with Gasteiger partial charge in [0, 0.05) is 0 Å². The van der Waals surface area contributed by atoms with E-state index >= 15 is 0 Å². The van der Waals surface area contributed by atoms with Crippen LogP contribution in [-0.2, 0) is 0 Å². The van der Waals surface area contributed by atoms with Crippen LogP contribution in [0.2, 0.25) is 0 Å². The number of hydrogen-bond donors (Lipinski definition) is 2. The fourth-order valence-corrected chi connectivity index (χ4v) is 1.41. The molecule has 0 amide bonds. The maximum Gasteiger partial charge on any atom is 0.151 e. The SMILES string of the molecule is c1ncc2nc3c(cc2n1)NCN3. The van der Waals surface area contributed by atoms with Crippen molar-refractivity contribution < 1.29 is 0 Å². The van der Waals surface area contributed by atoms with E-state index in [0.29, 0.717) is 0 Å². The largest absolute Gasteiger partial charge is 0.365 e. The minimum Gasteiger partial charge on any atom is -0.365 e. The summed E-state index contributed by atoms with van der Waals surface area (Å²) in [6.07, 6.45) is 3.24. The second kappa shape index (κ2) is 2.29. The highest BCUT2D eigenvalue weighted by molar-refractivity contribution is 5.84. The molecule has 0 fully saturated rings. The highest BCUT2D eigenvalue weighted by Crippen LogP contribution is 2.26. The molecule has 1 aliphatic heterocycles. The molecule has 0 spiro atoms. The summed E-state index contributed by atoms with van der Waals surface area (Å²) < 4.78 is 0. The second-order valence-electron chi connectivity index (χ2n) is 2.84. The summed E-state index contributed by atoms with van der Waals surface area (Å²) in [7, 11) is 0. The van der Waals surface area contributed by atoms with Crippen molar-refractivity contribution in [3.8, 4) is 0 Å². The maximum atomic E-state index is 4.36. The molecule has 64 valence electrons. The van der Waals surface area contributed by atoms with Gasteiger partial charge in [0.15, 0.2) is 5.82 Å². The monoisotopic (exact) mass is 173 g/mol. The smallest absolute Gasteiger partial charge is 0.151 e. The van der Waals surface area contributed by atoms with Gasteiger partial charge in [-0.25, -0.2) is 15.0 Å². The molecule has 0 aromatic carbocycles. The number of nitrogens with one attached hydrogen (secondary N) is 2. The van der Waals surface area contributed by atoms with Crippen molar-refractivity contribution in [3.05, 3.63) is 18.6 Å². The predicted molar refractivity (Wildman–Crippen MR) is 49.4 cm³/mol. The summed E-state index contributed by atoms with van der Waals surface area (Å²) in [4.78, 5) is 12.4. The first-order valence-corrected chi connectivity index (χ1v) is 4.02. The van der Waals surface area contributed by atoms with Crippen molar-refractivity contribution in [1.82, 2.24) is 15.0 Å². The fourth-order valence-electron chi connectivity index (χ4n) is 1.41. The molecule has 0 bridgehead atoms. The van der Waals surface area contributed by atoms with Gasteiger partial charge in [0.05, 0.1) is 24.1 Å². The molecule has 0 saturated carbocycles. The number of pyridine rings is 1. The zero-order valence-corrected chi connectivity index (χ0v) is 6.78. The Balaban J connectivity index is 2.36. The Morgan fingerprint density at radius 1 is 1.23 bits per heavy atom. The van der Waals surface area contributed by atoms with Crippen LogP contribution >= 0.6 is 0 Å². The molecule has 3 heterocycles. The molecule has 5 nitrogen and oxygen atoms in total. The van der Waals surface area contributed by atoms with Crippen molar-refractivity contribution in [2.45, 2.75) is 0 Å². The van der Waals surface area contributed by atoms with Gasteiger partial charge in [0.2, 0.25) is 0 Å². The minimum atomic E-state index is 0.728. The van der Waals surface area contributed by atoms with Crippen molar-refractivity contribution in [1.29, 1.82) is 0 Å². The first-order chi connectivity index (χ1) is 6.43.